The molecule has 0 atom stereocenters. The molecule has 1 N–H and O–H groups in total. The van der Waals surface area contributed by atoms with Crippen LogP contribution in [0, 0.1) is 5.82 Å². The Morgan fingerprint density at radius 2 is 2.00 bits per heavy atom. The first-order chi connectivity index (χ1) is 8.56. The van der Waals surface area contributed by atoms with E-state index in [-0.39, 0.29) is 17.1 Å². The molecule has 3 nitrogen and oxygen atoms in total. The summed E-state index contributed by atoms with van der Waals surface area (Å²) in [5.74, 6) is -1.29. The number of aromatic carboxylic acids is 1. The van der Waals surface area contributed by atoms with E-state index in [1.54, 1.807) is 0 Å². The Hall–Kier alpha value is -2.07. The van der Waals surface area contributed by atoms with Gasteiger partial charge in [0.15, 0.2) is 0 Å². The summed E-state index contributed by atoms with van der Waals surface area (Å²) in [6.45, 7) is 0. The van der Waals surface area contributed by atoms with Crippen LogP contribution in [-0.2, 0) is 0 Å². The fourth-order valence-electron chi connectivity index (χ4n) is 1.42. The molecule has 0 amide bonds. The van der Waals surface area contributed by atoms with Gasteiger partial charge in [0.25, 0.3) is 0 Å². The lowest BCUT2D eigenvalue weighted by atomic mass is 10.2. The maximum absolute atomic E-state index is 13.0. The Morgan fingerprint density at radius 1 is 1.22 bits per heavy atom. The second kappa shape index (κ2) is 5.06. The maximum atomic E-state index is 13.0. The Morgan fingerprint density at radius 3 is 2.67 bits per heavy atom. The smallest absolute Gasteiger partial charge is 0.339 e. The third kappa shape index (κ3) is 2.78. The Bertz CT molecular complexity index is 599. The van der Waals surface area contributed by atoms with Crippen LogP contribution in [0.3, 0.4) is 0 Å². The van der Waals surface area contributed by atoms with Gasteiger partial charge in [-0.25, -0.2) is 9.18 Å². The molecule has 0 aromatic heterocycles. The average molecular weight is 267 g/mol. The molecule has 5 heteroatoms. The molecule has 0 aliphatic carbocycles. The van der Waals surface area contributed by atoms with Crippen molar-refractivity contribution in [2.75, 3.05) is 0 Å². The lowest BCUT2D eigenvalue weighted by Gasteiger charge is -2.08. The summed E-state index contributed by atoms with van der Waals surface area (Å²) in [6.07, 6.45) is 0. The first-order valence-electron chi connectivity index (χ1n) is 5.02. The molecule has 0 spiro atoms. The van der Waals surface area contributed by atoms with E-state index >= 15 is 0 Å². The lowest BCUT2D eigenvalue weighted by molar-refractivity contribution is 0.0694. The van der Waals surface area contributed by atoms with Gasteiger partial charge in [-0.3, -0.25) is 0 Å². The Balaban J connectivity index is 2.37. The summed E-state index contributed by atoms with van der Waals surface area (Å²) in [5.41, 5.74) is -0.0771. The number of carboxylic acid groups (broad SMARTS) is 1. The lowest BCUT2D eigenvalue weighted by Crippen LogP contribution is -2.00. The van der Waals surface area contributed by atoms with Crippen LogP contribution in [-0.4, -0.2) is 11.1 Å². The molecular weight excluding hydrogens is 259 g/mol. The van der Waals surface area contributed by atoms with Crippen molar-refractivity contribution in [3.8, 4) is 11.5 Å². The van der Waals surface area contributed by atoms with Crippen molar-refractivity contribution in [2.45, 2.75) is 0 Å². The van der Waals surface area contributed by atoms with Gasteiger partial charge in [0.1, 0.15) is 22.9 Å². The van der Waals surface area contributed by atoms with Crippen LogP contribution >= 0.6 is 11.6 Å². The van der Waals surface area contributed by atoms with Gasteiger partial charge >= 0.3 is 5.97 Å². The van der Waals surface area contributed by atoms with Crippen molar-refractivity contribution in [1.82, 2.24) is 0 Å². The molecule has 92 valence electrons. The number of halogens is 2. The van der Waals surface area contributed by atoms with Crippen LogP contribution in [0.25, 0.3) is 0 Å². The topological polar surface area (TPSA) is 46.5 Å². The Kier molecular flexibility index (Phi) is 3.48. The van der Waals surface area contributed by atoms with Gasteiger partial charge in [0.2, 0.25) is 0 Å². The van der Waals surface area contributed by atoms with E-state index in [0.29, 0.717) is 5.02 Å². The second-order valence-electron chi connectivity index (χ2n) is 3.51. The van der Waals surface area contributed by atoms with Crippen molar-refractivity contribution >= 4 is 17.6 Å². The molecule has 2 aromatic rings. The number of benzene rings is 2. The fourth-order valence-corrected chi connectivity index (χ4v) is 1.59. The summed E-state index contributed by atoms with van der Waals surface area (Å²) in [5, 5.41) is 9.30. The first kappa shape index (κ1) is 12.4. The predicted molar refractivity (Wildman–Crippen MR) is 64.9 cm³/mol. The zero-order chi connectivity index (χ0) is 13.1. The van der Waals surface area contributed by atoms with Crippen molar-refractivity contribution < 1.29 is 19.0 Å². The Labute approximate surface area is 107 Å². The number of rotatable bonds is 3. The molecule has 0 heterocycles. The van der Waals surface area contributed by atoms with E-state index in [4.69, 9.17) is 21.4 Å². The monoisotopic (exact) mass is 266 g/mol. The highest BCUT2D eigenvalue weighted by molar-refractivity contribution is 6.31. The summed E-state index contributed by atoms with van der Waals surface area (Å²) in [7, 11) is 0. The third-order valence-electron chi connectivity index (χ3n) is 2.20. The zero-order valence-electron chi connectivity index (χ0n) is 9.06. The van der Waals surface area contributed by atoms with E-state index in [1.165, 1.54) is 42.5 Å². The molecule has 0 unspecified atom stereocenters. The highest BCUT2D eigenvalue weighted by atomic mass is 35.5. The van der Waals surface area contributed by atoms with Gasteiger partial charge in [-0.05, 0) is 30.3 Å². The van der Waals surface area contributed by atoms with Gasteiger partial charge in [0, 0.05) is 11.1 Å². The third-order valence-corrected chi connectivity index (χ3v) is 2.43. The van der Waals surface area contributed by atoms with Crippen LogP contribution in [0.2, 0.25) is 5.02 Å². The van der Waals surface area contributed by atoms with Crippen molar-refractivity contribution in [1.29, 1.82) is 0 Å². The minimum atomic E-state index is -1.16. The highest BCUT2D eigenvalue weighted by Crippen LogP contribution is 2.28. The van der Waals surface area contributed by atoms with Crippen LogP contribution in [0.5, 0.6) is 11.5 Å². The summed E-state index contributed by atoms with van der Waals surface area (Å²) < 4.78 is 18.3. The van der Waals surface area contributed by atoms with Gasteiger partial charge < -0.3 is 9.84 Å². The molecule has 0 radical (unpaired) electrons. The molecule has 2 aromatic carbocycles. The quantitative estimate of drug-likeness (QED) is 0.914. The van der Waals surface area contributed by atoms with E-state index in [0.717, 1.165) is 0 Å². The van der Waals surface area contributed by atoms with Gasteiger partial charge in [-0.15, -0.1) is 0 Å². The summed E-state index contributed by atoms with van der Waals surface area (Å²) in [4.78, 5) is 11.0. The molecular formula is C13H8ClFO3. The number of hydrogen-bond acceptors (Lipinski definition) is 2. The molecule has 0 aliphatic rings. The van der Waals surface area contributed by atoms with E-state index in [9.17, 15) is 9.18 Å². The van der Waals surface area contributed by atoms with Crippen LogP contribution in [0.4, 0.5) is 4.39 Å². The first-order valence-corrected chi connectivity index (χ1v) is 5.40. The molecule has 2 rings (SSSR count). The molecule has 18 heavy (non-hydrogen) atoms. The minimum Gasteiger partial charge on any atom is -0.478 e. The predicted octanol–water partition coefficient (Wildman–Crippen LogP) is 3.97. The van der Waals surface area contributed by atoms with E-state index in [2.05, 4.69) is 0 Å². The zero-order valence-corrected chi connectivity index (χ0v) is 9.82. The van der Waals surface area contributed by atoms with Crippen molar-refractivity contribution in [3.63, 3.8) is 0 Å². The number of carboxylic acids is 1. The number of carbonyl (C=O) groups is 1. The maximum Gasteiger partial charge on any atom is 0.339 e. The van der Waals surface area contributed by atoms with E-state index < -0.39 is 11.8 Å². The number of ether oxygens (including phenoxy) is 1. The molecule has 0 bridgehead atoms. The van der Waals surface area contributed by atoms with Crippen LogP contribution in [0.1, 0.15) is 10.4 Å². The summed E-state index contributed by atoms with van der Waals surface area (Å²) >= 11 is 5.71. The standard InChI is InChI=1S/C13H8ClFO3/c14-8-4-5-12(11(6-8)13(16)17)18-10-3-1-2-9(15)7-10/h1-7H,(H,16,17). The van der Waals surface area contributed by atoms with Crippen LogP contribution < -0.4 is 4.74 Å². The van der Waals surface area contributed by atoms with Gasteiger partial charge in [-0.2, -0.15) is 0 Å². The fraction of sp³-hybridized carbons (Fsp3) is 0. The van der Waals surface area contributed by atoms with Gasteiger partial charge in [0.05, 0.1) is 0 Å². The van der Waals surface area contributed by atoms with Gasteiger partial charge in [-0.1, -0.05) is 17.7 Å². The van der Waals surface area contributed by atoms with Crippen molar-refractivity contribution in [3.05, 3.63) is 58.9 Å². The minimum absolute atomic E-state index is 0.0771. The molecule has 0 aliphatic heterocycles. The van der Waals surface area contributed by atoms with Crippen LogP contribution in [0.15, 0.2) is 42.5 Å². The second-order valence-corrected chi connectivity index (χ2v) is 3.94. The normalized spacial score (nSPS) is 10.1. The summed E-state index contributed by atoms with van der Waals surface area (Å²) in [6, 6.07) is 9.65. The largest absolute Gasteiger partial charge is 0.478 e. The molecule has 0 saturated carbocycles. The number of hydrogen-bond donors (Lipinski definition) is 1. The molecule has 0 fully saturated rings. The van der Waals surface area contributed by atoms with E-state index in [1.807, 2.05) is 0 Å². The average Bonchev–Trinajstić information content (AvgIpc) is 2.31. The SMILES string of the molecule is O=C(O)c1cc(Cl)ccc1Oc1cccc(F)c1. The highest BCUT2D eigenvalue weighted by Gasteiger charge is 2.12. The van der Waals surface area contributed by atoms with Crippen molar-refractivity contribution in [2.24, 2.45) is 0 Å². The molecule has 0 saturated heterocycles.